The summed E-state index contributed by atoms with van der Waals surface area (Å²) in [5.74, 6) is -1.77. The summed E-state index contributed by atoms with van der Waals surface area (Å²) in [6, 6.07) is 2.89. The second-order valence-corrected chi connectivity index (χ2v) is 8.42. The Hall–Kier alpha value is -2.73. The lowest BCUT2D eigenvalue weighted by Crippen LogP contribution is -2.55. The maximum atomic E-state index is 13.0. The van der Waals surface area contributed by atoms with Gasteiger partial charge in [0.25, 0.3) is 0 Å². The molecule has 1 heterocycles. The van der Waals surface area contributed by atoms with Crippen molar-refractivity contribution in [3.63, 3.8) is 0 Å². The van der Waals surface area contributed by atoms with E-state index in [0.717, 1.165) is 12.1 Å². The van der Waals surface area contributed by atoms with Crippen LogP contribution in [-0.4, -0.2) is 82.0 Å². The lowest BCUT2D eigenvalue weighted by atomic mass is 10.1. The van der Waals surface area contributed by atoms with Crippen molar-refractivity contribution in [2.45, 2.75) is 23.8 Å². The van der Waals surface area contributed by atoms with Crippen molar-refractivity contribution >= 4 is 28.0 Å². The molecule has 0 saturated carbocycles. The number of piperazine rings is 1. The third-order valence-electron chi connectivity index (χ3n) is 4.63. The maximum Gasteiger partial charge on any atom is 0.328 e. The normalized spacial score (nSPS) is 15.9. The minimum atomic E-state index is -3.81. The van der Waals surface area contributed by atoms with Crippen LogP contribution in [0.15, 0.2) is 29.2 Å². The van der Waals surface area contributed by atoms with E-state index in [-0.39, 0.29) is 43.9 Å². The molecule has 1 aliphatic rings. The molecule has 1 fully saturated rings. The molecular weight excluding hydrogens is 421 g/mol. The number of ether oxygens (including phenoxy) is 2. The highest BCUT2D eigenvalue weighted by atomic mass is 32.2. The van der Waals surface area contributed by atoms with E-state index < -0.39 is 39.9 Å². The molecule has 10 nitrogen and oxygen atoms in total. The molecule has 0 spiro atoms. The van der Waals surface area contributed by atoms with Gasteiger partial charge in [0.05, 0.1) is 19.1 Å². The van der Waals surface area contributed by atoms with E-state index in [1.807, 2.05) is 0 Å². The molecule has 0 radical (unpaired) electrons. The van der Waals surface area contributed by atoms with Gasteiger partial charge in [-0.2, -0.15) is 4.31 Å². The molecule has 1 atom stereocenters. The third kappa shape index (κ3) is 5.89. The maximum absolute atomic E-state index is 13.0. The highest BCUT2D eigenvalue weighted by molar-refractivity contribution is 7.89. The van der Waals surface area contributed by atoms with Gasteiger partial charge < -0.3 is 19.7 Å². The summed E-state index contributed by atoms with van der Waals surface area (Å²) in [4.78, 5) is 37.0. The first-order valence-electron chi connectivity index (χ1n) is 9.15. The number of hydrogen-bond donors (Lipinski definition) is 1. The van der Waals surface area contributed by atoms with Crippen LogP contribution in [0.5, 0.6) is 0 Å². The number of halogens is 1. The van der Waals surface area contributed by atoms with E-state index in [1.165, 1.54) is 35.6 Å². The number of nitrogens with zero attached hydrogens (tertiary/aromatic N) is 2. The molecule has 1 aromatic carbocycles. The summed E-state index contributed by atoms with van der Waals surface area (Å²) in [7, 11) is -1.43. The summed E-state index contributed by atoms with van der Waals surface area (Å²) < 4.78 is 48.7. The van der Waals surface area contributed by atoms with Crippen LogP contribution in [0, 0.1) is 5.82 Å². The number of carbonyl (C=O) groups is 3. The van der Waals surface area contributed by atoms with Crippen molar-refractivity contribution in [1.29, 1.82) is 0 Å². The lowest BCUT2D eigenvalue weighted by Gasteiger charge is -2.34. The summed E-state index contributed by atoms with van der Waals surface area (Å²) in [5, 5.41) is 2.50. The molecule has 0 aromatic heterocycles. The molecule has 1 N–H and O–H groups in total. The summed E-state index contributed by atoms with van der Waals surface area (Å²) in [6.45, 7) is 0.269. The Morgan fingerprint density at radius 1 is 1.07 bits per heavy atom. The van der Waals surface area contributed by atoms with E-state index in [0.29, 0.717) is 0 Å². The SMILES string of the molecule is COC(=O)CCC(NC(=O)N1CCN(S(=O)(=O)c2ccc(F)cc2)CC1)C(=O)OC. The first-order valence-corrected chi connectivity index (χ1v) is 10.6. The standard InChI is InChI=1S/C18H24FN3O7S/c1-28-16(23)8-7-15(17(24)29-2)20-18(25)21-9-11-22(12-10-21)30(26,27)14-5-3-13(19)4-6-14/h3-6,15H,7-12H2,1-2H3,(H,20,25). The van der Waals surface area contributed by atoms with Crippen molar-refractivity contribution < 1.29 is 36.7 Å². The van der Waals surface area contributed by atoms with Crippen molar-refractivity contribution in [3.05, 3.63) is 30.1 Å². The van der Waals surface area contributed by atoms with E-state index in [9.17, 15) is 27.2 Å². The minimum Gasteiger partial charge on any atom is -0.469 e. The summed E-state index contributed by atoms with van der Waals surface area (Å²) in [5.41, 5.74) is 0. The topological polar surface area (TPSA) is 122 Å². The molecule has 1 saturated heterocycles. The molecule has 166 valence electrons. The zero-order valence-electron chi connectivity index (χ0n) is 16.7. The Bertz CT molecular complexity index is 868. The second kappa shape index (κ2) is 10.3. The number of esters is 2. The number of sulfonamides is 1. The quantitative estimate of drug-likeness (QED) is 0.601. The Morgan fingerprint density at radius 3 is 2.20 bits per heavy atom. The van der Waals surface area contributed by atoms with Gasteiger partial charge in [-0.3, -0.25) is 4.79 Å². The first-order chi connectivity index (χ1) is 14.2. The predicted octanol–water partition coefficient (Wildman–Crippen LogP) is 0.336. The largest absolute Gasteiger partial charge is 0.469 e. The molecule has 1 aromatic rings. The monoisotopic (exact) mass is 445 g/mol. The number of amides is 2. The van der Waals surface area contributed by atoms with Crippen LogP contribution in [0.1, 0.15) is 12.8 Å². The highest BCUT2D eigenvalue weighted by Gasteiger charge is 2.32. The van der Waals surface area contributed by atoms with Crippen LogP contribution in [0.3, 0.4) is 0 Å². The van der Waals surface area contributed by atoms with Crippen LogP contribution in [0.25, 0.3) is 0 Å². The van der Waals surface area contributed by atoms with Gasteiger partial charge in [-0.05, 0) is 30.7 Å². The summed E-state index contributed by atoms with van der Waals surface area (Å²) >= 11 is 0. The number of benzene rings is 1. The average molecular weight is 445 g/mol. The number of nitrogens with one attached hydrogen (secondary N) is 1. The zero-order chi connectivity index (χ0) is 22.3. The number of methoxy groups -OCH3 is 2. The lowest BCUT2D eigenvalue weighted by molar-refractivity contribution is -0.144. The van der Waals surface area contributed by atoms with Crippen LogP contribution in [-0.2, 0) is 29.1 Å². The molecule has 2 amide bonds. The fourth-order valence-electron chi connectivity index (χ4n) is 2.88. The van der Waals surface area contributed by atoms with E-state index in [1.54, 1.807) is 0 Å². The van der Waals surface area contributed by atoms with E-state index in [4.69, 9.17) is 0 Å². The number of rotatable bonds is 7. The molecule has 12 heteroatoms. The molecular formula is C18H24FN3O7S. The van der Waals surface area contributed by atoms with Gasteiger partial charge in [0, 0.05) is 32.6 Å². The number of carbonyl (C=O) groups excluding carboxylic acids is 3. The molecule has 1 unspecified atom stereocenters. The van der Waals surface area contributed by atoms with Gasteiger partial charge in [-0.1, -0.05) is 0 Å². The fraction of sp³-hybridized carbons (Fsp3) is 0.500. The van der Waals surface area contributed by atoms with Crippen LogP contribution in [0.4, 0.5) is 9.18 Å². The van der Waals surface area contributed by atoms with Crippen molar-refractivity contribution in [3.8, 4) is 0 Å². The van der Waals surface area contributed by atoms with Crippen molar-refractivity contribution in [2.75, 3.05) is 40.4 Å². The second-order valence-electron chi connectivity index (χ2n) is 6.49. The van der Waals surface area contributed by atoms with Crippen LogP contribution >= 0.6 is 0 Å². The first kappa shape index (κ1) is 23.5. The van der Waals surface area contributed by atoms with Gasteiger partial charge in [-0.25, -0.2) is 22.4 Å². The van der Waals surface area contributed by atoms with Gasteiger partial charge in [0.15, 0.2) is 0 Å². The molecule has 0 aliphatic carbocycles. The van der Waals surface area contributed by atoms with Gasteiger partial charge in [-0.15, -0.1) is 0 Å². The average Bonchev–Trinajstić information content (AvgIpc) is 2.75. The highest BCUT2D eigenvalue weighted by Crippen LogP contribution is 2.18. The molecule has 2 rings (SSSR count). The molecule has 30 heavy (non-hydrogen) atoms. The zero-order valence-corrected chi connectivity index (χ0v) is 17.5. The third-order valence-corrected chi connectivity index (χ3v) is 6.54. The fourth-order valence-corrected chi connectivity index (χ4v) is 4.31. The minimum absolute atomic E-state index is 0.00397. The van der Waals surface area contributed by atoms with Crippen LogP contribution < -0.4 is 5.32 Å². The van der Waals surface area contributed by atoms with E-state index in [2.05, 4.69) is 14.8 Å². The van der Waals surface area contributed by atoms with E-state index >= 15 is 0 Å². The Labute approximate surface area is 174 Å². The van der Waals surface area contributed by atoms with Gasteiger partial charge in [0.1, 0.15) is 11.9 Å². The van der Waals surface area contributed by atoms with Crippen molar-refractivity contribution in [1.82, 2.24) is 14.5 Å². The van der Waals surface area contributed by atoms with Gasteiger partial charge >= 0.3 is 18.0 Å². The number of urea groups is 1. The Kier molecular flexibility index (Phi) is 8.12. The van der Waals surface area contributed by atoms with Crippen molar-refractivity contribution in [2.24, 2.45) is 0 Å². The number of hydrogen-bond acceptors (Lipinski definition) is 7. The molecule has 0 bridgehead atoms. The van der Waals surface area contributed by atoms with Crippen LogP contribution in [0.2, 0.25) is 0 Å². The predicted molar refractivity (Wildman–Crippen MR) is 102 cm³/mol. The smallest absolute Gasteiger partial charge is 0.328 e. The van der Waals surface area contributed by atoms with Gasteiger partial charge in [0.2, 0.25) is 10.0 Å². The molecule has 1 aliphatic heterocycles. The Balaban J connectivity index is 1.95. The summed E-state index contributed by atoms with van der Waals surface area (Å²) in [6.07, 6.45) is -0.0791. The Morgan fingerprint density at radius 2 is 1.67 bits per heavy atom.